The van der Waals surface area contributed by atoms with Crippen molar-refractivity contribution in [3.63, 3.8) is 0 Å². The molecule has 2 aliphatic heterocycles. The van der Waals surface area contributed by atoms with E-state index in [-0.39, 0.29) is 12.3 Å². The van der Waals surface area contributed by atoms with E-state index in [0.717, 1.165) is 29.2 Å². The van der Waals surface area contributed by atoms with Gasteiger partial charge in [-0.15, -0.1) is 0 Å². The monoisotopic (exact) mass is 322 g/mol. The summed E-state index contributed by atoms with van der Waals surface area (Å²) >= 11 is 0. The molecule has 0 fully saturated rings. The number of rotatable bonds is 3. The molecule has 2 atom stereocenters. The predicted molar refractivity (Wildman–Crippen MR) is 94.4 cm³/mol. The first-order valence-corrected chi connectivity index (χ1v) is 8.44. The van der Waals surface area contributed by atoms with Crippen molar-refractivity contribution in [2.24, 2.45) is 11.0 Å². The molecular formula is C20H22N2O2. The van der Waals surface area contributed by atoms with Gasteiger partial charge in [-0.2, -0.15) is 5.10 Å². The van der Waals surface area contributed by atoms with Gasteiger partial charge in [0, 0.05) is 17.9 Å². The van der Waals surface area contributed by atoms with E-state index in [4.69, 9.17) is 14.6 Å². The van der Waals surface area contributed by atoms with Crippen molar-refractivity contribution in [2.75, 3.05) is 7.11 Å². The van der Waals surface area contributed by atoms with Crippen LogP contribution < -0.4 is 9.47 Å². The van der Waals surface area contributed by atoms with E-state index in [0.29, 0.717) is 5.92 Å². The van der Waals surface area contributed by atoms with Crippen LogP contribution in [0.25, 0.3) is 0 Å². The highest BCUT2D eigenvalue weighted by Gasteiger charge is 2.42. The third-order valence-corrected chi connectivity index (χ3v) is 4.71. The third-order valence-electron chi connectivity index (χ3n) is 4.71. The zero-order valence-corrected chi connectivity index (χ0v) is 14.3. The molecule has 4 rings (SSSR count). The van der Waals surface area contributed by atoms with Gasteiger partial charge in [-0.25, -0.2) is 5.01 Å². The lowest BCUT2D eigenvalue weighted by Gasteiger charge is -2.40. The number of hydrogen-bond donors (Lipinski definition) is 0. The maximum absolute atomic E-state index is 6.31. The Morgan fingerprint density at radius 2 is 1.92 bits per heavy atom. The number of para-hydroxylation sites is 1. The molecule has 0 unspecified atom stereocenters. The Hall–Kier alpha value is -2.49. The second-order valence-electron chi connectivity index (χ2n) is 6.64. The lowest BCUT2D eigenvalue weighted by molar-refractivity contribution is -0.0476. The van der Waals surface area contributed by atoms with E-state index in [1.165, 1.54) is 5.56 Å². The van der Waals surface area contributed by atoms with E-state index in [1.54, 1.807) is 7.11 Å². The first kappa shape index (κ1) is 15.1. The zero-order valence-electron chi connectivity index (χ0n) is 14.3. The number of fused-ring (bicyclic) bond motifs is 3. The van der Waals surface area contributed by atoms with Crippen LogP contribution in [-0.2, 0) is 0 Å². The predicted octanol–water partition coefficient (Wildman–Crippen LogP) is 4.22. The Morgan fingerprint density at radius 3 is 2.62 bits per heavy atom. The maximum Gasteiger partial charge on any atom is 0.190 e. The van der Waals surface area contributed by atoms with Gasteiger partial charge in [0.1, 0.15) is 0 Å². The Bertz CT molecular complexity index is 770. The van der Waals surface area contributed by atoms with Crippen LogP contribution in [0.1, 0.15) is 37.4 Å². The Labute approximate surface area is 142 Å². The largest absolute Gasteiger partial charge is 0.493 e. The minimum Gasteiger partial charge on any atom is -0.493 e. The molecule has 0 aromatic heterocycles. The van der Waals surface area contributed by atoms with Crippen molar-refractivity contribution in [3.05, 3.63) is 59.7 Å². The topological polar surface area (TPSA) is 34.1 Å². The van der Waals surface area contributed by atoms with Crippen molar-refractivity contribution in [1.29, 1.82) is 0 Å². The summed E-state index contributed by atoms with van der Waals surface area (Å²) in [5.74, 6) is 1.99. The molecule has 0 saturated heterocycles. The molecule has 2 aromatic rings. The molecule has 0 N–H and O–H groups in total. The molecule has 0 amide bonds. The van der Waals surface area contributed by atoms with Crippen molar-refractivity contribution in [1.82, 2.24) is 5.01 Å². The Balaban J connectivity index is 1.78. The Kier molecular flexibility index (Phi) is 3.68. The lowest BCUT2D eigenvalue weighted by atomic mass is 9.95. The molecule has 0 aliphatic carbocycles. The number of nitrogens with zero attached hydrogens (tertiary/aromatic N) is 2. The summed E-state index contributed by atoms with van der Waals surface area (Å²) in [7, 11) is 1.69. The number of ether oxygens (including phenoxy) is 2. The van der Waals surface area contributed by atoms with Gasteiger partial charge in [0.15, 0.2) is 17.7 Å². The summed E-state index contributed by atoms with van der Waals surface area (Å²) in [5, 5.41) is 7.06. The van der Waals surface area contributed by atoms with Crippen molar-refractivity contribution >= 4 is 5.71 Å². The summed E-state index contributed by atoms with van der Waals surface area (Å²) in [5.41, 5.74) is 3.45. The summed E-state index contributed by atoms with van der Waals surface area (Å²) in [6.45, 7) is 4.33. The molecule has 0 saturated carbocycles. The van der Waals surface area contributed by atoms with Gasteiger partial charge in [0.25, 0.3) is 0 Å². The quantitative estimate of drug-likeness (QED) is 0.848. The van der Waals surface area contributed by atoms with Gasteiger partial charge in [-0.3, -0.25) is 0 Å². The molecule has 0 bridgehead atoms. The molecule has 124 valence electrons. The molecule has 4 nitrogen and oxygen atoms in total. The third kappa shape index (κ3) is 2.33. The number of benzene rings is 2. The van der Waals surface area contributed by atoms with Gasteiger partial charge >= 0.3 is 0 Å². The Morgan fingerprint density at radius 1 is 1.12 bits per heavy atom. The van der Waals surface area contributed by atoms with Gasteiger partial charge in [-0.1, -0.05) is 56.3 Å². The van der Waals surface area contributed by atoms with Gasteiger partial charge < -0.3 is 9.47 Å². The zero-order chi connectivity index (χ0) is 16.7. The van der Waals surface area contributed by atoms with Crippen LogP contribution in [0.3, 0.4) is 0 Å². The summed E-state index contributed by atoms with van der Waals surface area (Å²) in [6, 6.07) is 16.7. The first-order chi connectivity index (χ1) is 11.7. The molecule has 2 aromatic carbocycles. The summed E-state index contributed by atoms with van der Waals surface area (Å²) in [4.78, 5) is 0. The van der Waals surface area contributed by atoms with E-state index in [1.807, 2.05) is 18.2 Å². The van der Waals surface area contributed by atoms with Gasteiger partial charge in [-0.05, 0) is 11.6 Å². The van der Waals surface area contributed by atoms with Crippen LogP contribution in [0.2, 0.25) is 0 Å². The van der Waals surface area contributed by atoms with E-state index in [2.05, 4.69) is 49.2 Å². The fourth-order valence-electron chi connectivity index (χ4n) is 3.52. The standard InChI is InChI=1S/C20H22N2O2/c1-13(2)20-22-17(12-16(21-22)14-8-5-4-6-9-14)15-10-7-11-18(23-3)19(15)24-20/h4-11,13,17,20H,12H2,1-3H3/t17-,20-/m1/s1. The minimum absolute atomic E-state index is 0.0833. The molecular weight excluding hydrogens is 300 g/mol. The number of hydrogen-bond acceptors (Lipinski definition) is 4. The van der Waals surface area contributed by atoms with Crippen LogP contribution in [-0.4, -0.2) is 24.1 Å². The second kappa shape index (κ2) is 5.86. The van der Waals surface area contributed by atoms with Crippen LogP contribution in [0.15, 0.2) is 53.6 Å². The van der Waals surface area contributed by atoms with Crippen molar-refractivity contribution in [2.45, 2.75) is 32.5 Å². The van der Waals surface area contributed by atoms with Crippen LogP contribution in [0.5, 0.6) is 11.5 Å². The van der Waals surface area contributed by atoms with E-state index in [9.17, 15) is 0 Å². The van der Waals surface area contributed by atoms with Crippen LogP contribution in [0, 0.1) is 5.92 Å². The first-order valence-electron chi connectivity index (χ1n) is 8.44. The molecule has 24 heavy (non-hydrogen) atoms. The highest BCUT2D eigenvalue weighted by atomic mass is 16.5. The van der Waals surface area contributed by atoms with Gasteiger partial charge in [0.2, 0.25) is 0 Å². The maximum atomic E-state index is 6.31. The van der Waals surface area contributed by atoms with Crippen molar-refractivity contribution < 1.29 is 9.47 Å². The summed E-state index contributed by atoms with van der Waals surface area (Å²) in [6.07, 6.45) is 0.802. The molecule has 2 aliphatic rings. The fraction of sp³-hybridized carbons (Fsp3) is 0.350. The van der Waals surface area contributed by atoms with Gasteiger partial charge in [0.05, 0.1) is 18.9 Å². The fourth-order valence-corrected chi connectivity index (χ4v) is 3.52. The number of hydrazone groups is 1. The van der Waals surface area contributed by atoms with E-state index < -0.39 is 0 Å². The SMILES string of the molecule is COc1cccc2c1O[C@H](C(C)C)N1N=C(c3ccccc3)C[C@H]21. The minimum atomic E-state index is -0.0833. The van der Waals surface area contributed by atoms with E-state index >= 15 is 0 Å². The molecule has 4 heteroatoms. The number of methoxy groups -OCH3 is 1. The van der Waals surface area contributed by atoms with Crippen molar-refractivity contribution in [3.8, 4) is 11.5 Å². The summed E-state index contributed by atoms with van der Waals surface area (Å²) < 4.78 is 11.8. The van der Waals surface area contributed by atoms with Crippen LogP contribution >= 0.6 is 0 Å². The molecule has 0 spiro atoms. The average Bonchev–Trinajstić information content (AvgIpc) is 3.06. The smallest absolute Gasteiger partial charge is 0.190 e. The highest BCUT2D eigenvalue weighted by molar-refractivity contribution is 6.01. The second-order valence-corrected chi connectivity index (χ2v) is 6.64. The lowest BCUT2D eigenvalue weighted by Crippen LogP contribution is -2.43. The van der Waals surface area contributed by atoms with Crippen LogP contribution in [0.4, 0.5) is 0 Å². The average molecular weight is 322 g/mol. The highest BCUT2D eigenvalue weighted by Crippen LogP contribution is 2.47. The molecule has 0 radical (unpaired) electrons. The normalized spacial score (nSPS) is 21.8. The molecule has 2 heterocycles.